The average Bonchev–Trinajstić information content (AvgIpc) is 2.86. The highest BCUT2D eigenvalue weighted by atomic mass is 16.3. The molecule has 0 bridgehead atoms. The normalized spacial score (nSPS) is 14.8. The lowest BCUT2D eigenvalue weighted by molar-refractivity contribution is 0.225. The van der Waals surface area contributed by atoms with E-state index < -0.39 is 0 Å². The number of fused-ring (bicyclic) bond motifs is 1. The van der Waals surface area contributed by atoms with Crippen molar-refractivity contribution in [2.75, 3.05) is 13.7 Å². The number of nitrogens with one attached hydrogen (secondary N) is 1. The van der Waals surface area contributed by atoms with Crippen molar-refractivity contribution in [3.8, 4) is 0 Å². The van der Waals surface area contributed by atoms with Gasteiger partial charge in [0.25, 0.3) is 0 Å². The van der Waals surface area contributed by atoms with Crippen molar-refractivity contribution in [2.24, 2.45) is 0 Å². The van der Waals surface area contributed by atoms with Crippen LogP contribution in [0.15, 0.2) is 34.9 Å². The summed E-state index contributed by atoms with van der Waals surface area (Å²) >= 11 is 0. The summed E-state index contributed by atoms with van der Waals surface area (Å²) < 4.78 is 5.36. The van der Waals surface area contributed by atoms with Gasteiger partial charge >= 0.3 is 0 Å². The highest BCUT2D eigenvalue weighted by Gasteiger charge is 2.20. The van der Waals surface area contributed by atoms with Gasteiger partial charge in [0, 0.05) is 17.3 Å². The first-order valence-electron chi connectivity index (χ1n) is 6.55. The molecular formula is C15H21NO2. The van der Waals surface area contributed by atoms with Crippen molar-refractivity contribution in [3.63, 3.8) is 0 Å². The van der Waals surface area contributed by atoms with Gasteiger partial charge in [-0.3, -0.25) is 0 Å². The Bertz CT molecular complexity index is 488. The van der Waals surface area contributed by atoms with Crippen LogP contribution < -0.4 is 5.32 Å². The number of benzene rings is 1. The topological polar surface area (TPSA) is 45.4 Å². The summed E-state index contributed by atoms with van der Waals surface area (Å²) in [6, 6.07) is 8.37. The quantitative estimate of drug-likeness (QED) is 0.825. The summed E-state index contributed by atoms with van der Waals surface area (Å²) in [4.78, 5) is 0. The van der Waals surface area contributed by atoms with E-state index >= 15 is 0 Å². The standard InChI is InChI=1S/C15H21NO2/c1-3-4-13(14(10-17)16-2)11-5-6-15-12(9-11)7-8-18-15/h5-9,13-14,16-17H,3-4,10H2,1-2H3. The van der Waals surface area contributed by atoms with Crippen LogP contribution in [-0.4, -0.2) is 24.8 Å². The minimum Gasteiger partial charge on any atom is -0.464 e. The second kappa shape index (κ2) is 6.03. The summed E-state index contributed by atoms with van der Waals surface area (Å²) in [5.74, 6) is 0.337. The third-order valence-electron chi connectivity index (χ3n) is 3.56. The number of furan rings is 1. The van der Waals surface area contributed by atoms with Gasteiger partial charge in [0.1, 0.15) is 5.58 Å². The van der Waals surface area contributed by atoms with Crippen LogP contribution in [0, 0.1) is 0 Å². The van der Waals surface area contributed by atoms with E-state index in [1.54, 1.807) is 6.26 Å². The number of likely N-dealkylation sites (N-methyl/N-ethyl adjacent to an activating group) is 1. The maximum atomic E-state index is 9.48. The number of aliphatic hydroxyl groups is 1. The van der Waals surface area contributed by atoms with Gasteiger partial charge < -0.3 is 14.8 Å². The Morgan fingerprint density at radius 2 is 2.17 bits per heavy atom. The third-order valence-corrected chi connectivity index (χ3v) is 3.56. The van der Waals surface area contributed by atoms with Gasteiger partial charge in [-0.1, -0.05) is 19.4 Å². The molecule has 2 N–H and O–H groups in total. The first-order chi connectivity index (χ1) is 8.80. The first-order valence-corrected chi connectivity index (χ1v) is 6.55. The number of hydrogen-bond acceptors (Lipinski definition) is 3. The molecule has 98 valence electrons. The van der Waals surface area contributed by atoms with Gasteiger partial charge in [0.05, 0.1) is 12.9 Å². The van der Waals surface area contributed by atoms with Crippen LogP contribution >= 0.6 is 0 Å². The largest absolute Gasteiger partial charge is 0.464 e. The molecule has 3 heteroatoms. The molecular weight excluding hydrogens is 226 g/mol. The smallest absolute Gasteiger partial charge is 0.133 e. The highest BCUT2D eigenvalue weighted by molar-refractivity contribution is 5.77. The fourth-order valence-corrected chi connectivity index (χ4v) is 2.55. The summed E-state index contributed by atoms with van der Waals surface area (Å²) in [7, 11) is 1.90. The number of hydrogen-bond donors (Lipinski definition) is 2. The predicted octanol–water partition coefficient (Wildman–Crippen LogP) is 2.90. The fourth-order valence-electron chi connectivity index (χ4n) is 2.55. The maximum absolute atomic E-state index is 9.48. The molecule has 1 aromatic carbocycles. The molecule has 18 heavy (non-hydrogen) atoms. The van der Waals surface area contributed by atoms with Crippen molar-refractivity contribution in [2.45, 2.75) is 31.7 Å². The van der Waals surface area contributed by atoms with Crippen LogP contribution in [0.2, 0.25) is 0 Å². The Kier molecular flexibility index (Phi) is 4.39. The summed E-state index contributed by atoms with van der Waals surface area (Å²) in [5.41, 5.74) is 2.18. The van der Waals surface area contributed by atoms with Gasteiger partial charge in [-0.15, -0.1) is 0 Å². The van der Waals surface area contributed by atoms with E-state index in [2.05, 4.69) is 24.4 Å². The van der Waals surface area contributed by atoms with Crippen LogP contribution in [0.25, 0.3) is 11.0 Å². The maximum Gasteiger partial charge on any atom is 0.133 e. The molecule has 0 aliphatic rings. The van der Waals surface area contributed by atoms with E-state index in [1.807, 2.05) is 19.2 Å². The molecule has 0 amide bonds. The number of rotatable bonds is 6. The van der Waals surface area contributed by atoms with Gasteiger partial charge in [0.2, 0.25) is 0 Å². The van der Waals surface area contributed by atoms with Crippen LogP contribution in [0.1, 0.15) is 31.2 Å². The number of aliphatic hydroxyl groups excluding tert-OH is 1. The zero-order chi connectivity index (χ0) is 13.0. The molecule has 2 aromatic rings. The van der Waals surface area contributed by atoms with Gasteiger partial charge in [-0.05, 0) is 37.2 Å². The predicted molar refractivity (Wildman–Crippen MR) is 73.8 cm³/mol. The van der Waals surface area contributed by atoms with E-state index in [0.717, 1.165) is 23.8 Å². The molecule has 0 aliphatic heterocycles. The lowest BCUT2D eigenvalue weighted by Crippen LogP contribution is -2.35. The van der Waals surface area contributed by atoms with E-state index in [9.17, 15) is 5.11 Å². The van der Waals surface area contributed by atoms with Crippen molar-refractivity contribution < 1.29 is 9.52 Å². The van der Waals surface area contributed by atoms with Crippen molar-refractivity contribution in [1.29, 1.82) is 0 Å². The third kappa shape index (κ3) is 2.57. The molecule has 0 saturated heterocycles. The first kappa shape index (κ1) is 13.1. The molecule has 1 aromatic heterocycles. The SMILES string of the molecule is CCCC(c1ccc2occc2c1)C(CO)NC. The fraction of sp³-hybridized carbons (Fsp3) is 0.467. The zero-order valence-electron chi connectivity index (χ0n) is 11.0. The van der Waals surface area contributed by atoms with Crippen molar-refractivity contribution in [3.05, 3.63) is 36.1 Å². The van der Waals surface area contributed by atoms with Crippen LogP contribution in [0.5, 0.6) is 0 Å². The van der Waals surface area contributed by atoms with E-state index in [0.29, 0.717) is 5.92 Å². The van der Waals surface area contributed by atoms with Gasteiger partial charge in [-0.25, -0.2) is 0 Å². The molecule has 0 fully saturated rings. The molecule has 0 aliphatic carbocycles. The molecule has 2 unspecified atom stereocenters. The van der Waals surface area contributed by atoms with E-state index in [-0.39, 0.29) is 12.6 Å². The average molecular weight is 247 g/mol. The molecule has 2 atom stereocenters. The van der Waals surface area contributed by atoms with E-state index in [4.69, 9.17) is 4.42 Å². The Labute approximate surface area is 108 Å². The monoisotopic (exact) mass is 247 g/mol. The molecule has 1 heterocycles. The minimum absolute atomic E-state index is 0.106. The second-order valence-electron chi connectivity index (χ2n) is 4.69. The summed E-state index contributed by atoms with van der Waals surface area (Å²) in [6.45, 7) is 2.33. The van der Waals surface area contributed by atoms with Crippen molar-refractivity contribution >= 4 is 11.0 Å². The second-order valence-corrected chi connectivity index (χ2v) is 4.69. The molecule has 3 nitrogen and oxygen atoms in total. The Morgan fingerprint density at radius 1 is 1.33 bits per heavy atom. The molecule has 0 saturated carbocycles. The van der Waals surface area contributed by atoms with Crippen LogP contribution in [0.4, 0.5) is 0 Å². The summed E-state index contributed by atoms with van der Waals surface area (Å²) in [6.07, 6.45) is 3.88. The molecule has 0 radical (unpaired) electrons. The molecule has 0 spiro atoms. The Balaban J connectivity index is 2.33. The minimum atomic E-state index is 0.106. The zero-order valence-corrected chi connectivity index (χ0v) is 11.0. The van der Waals surface area contributed by atoms with Gasteiger partial charge in [-0.2, -0.15) is 0 Å². The lowest BCUT2D eigenvalue weighted by atomic mass is 9.87. The van der Waals surface area contributed by atoms with Crippen molar-refractivity contribution in [1.82, 2.24) is 5.32 Å². The molecule has 2 rings (SSSR count). The van der Waals surface area contributed by atoms with Gasteiger partial charge in [0.15, 0.2) is 0 Å². The summed E-state index contributed by atoms with van der Waals surface area (Å²) in [5, 5.41) is 13.8. The van der Waals surface area contributed by atoms with Crippen LogP contribution in [0.3, 0.4) is 0 Å². The Morgan fingerprint density at radius 3 is 2.83 bits per heavy atom. The van der Waals surface area contributed by atoms with Crippen LogP contribution in [-0.2, 0) is 0 Å². The highest BCUT2D eigenvalue weighted by Crippen LogP contribution is 2.28. The lowest BCUT2D eigenvalue weighted by Gasteiger charge is -2.25. The Hall–Kier alpha value is -1.32. The van der Waals surface area contributed by atoms with E-state index in [1.165, 1.54) is 5.56 Å².